The van der Waals surface area contributed by atoms with Crippen LogP contribution in [0.1, 0.15) is 34.8 Å². The molecule has 0 radical (unpaired) electrons. The average Bonchev–Trinajstić information content (AvgIpc) is 3.14. The molecule has 1 aromatic carbocycles. The number of hydrogen-bond acceptors (Lipinski definition) is 3. The van der Waals surface area contributed by atoms with Crippen LogP contribution in [0.3, 0.4) is 0 Å². The Morgan fingerprint density at radius 3 is 3.10 bits per heavy atom. The van der Waals surface area contributed by atoms with E-state index in [4.69, 9.17) is 0 Å². The van der Waals surface area contributed by atoms with Gasteiger partial charge in [0.05, 0.1) is 17.1 Å². The van der Waals surface area contributed by atoms with Crippen molar-refractivity contribution in [3.05, 3.63) is 52.6 Å². The third-order valence-electron chi connectivity index (χ3n) is 3.29. The van der Waals surface area contributed by atoms with Gasteiger partial charge in [-0.2, -0.15) is 0 Å². The Kier molecular flexibility index (Phi) is 3.52. The molecule has 2 heterocycles. The first-order valence-electron chi connectivity index (χ1n) is 6.56. The van der Waals surface area contributed by atoms with E-state index in [9.17, 15) is 4.79 Å². The molecule has 5 heteroatoms. The highest BCUT2D eigenvalue weighted by Crippen LogP contribution is 2.21. The van der Waals surface area contributed by atoms with E-state index in [0.29, 0.717) is 5.56 Å². The lowest BCUT2D eigenvalue weighted by molar-refractivity contribution is 0.0937. The van der Waals surface area contributed by atoms with Crippen LogP contribution in [-0.4, -0.2) is 15.9 Å². The summed E-state index contributed by atoms with van der Waals surface area (Å²) in [5, 5.41) is 6.97. The summed E-state index contributed by atoms with van der Waals surface area (Å²) in [4.78, 5) is 19.9. The zero-order valence-corrected chi connectivity index (χ0v) is 11.9. The number of para-hydroxylation sites is 1. The van der Waals surface area contributed by atoms with E-state index in [1.165, 1.54) is 0 Å². The molecule has 2 aromatic heterocycles. The number of aromatic amines is 1. The summed E-state index contributed by atoms with van der Waals surface area (Å²) in [6.45, 7) is 2.04. The summed E-state index contributed by atoms with van der Waals surface area (Å²) in [5.74, 6) is -0.0694. The zero-order chi connectivity index (χ0) is 13.9. The molecular weight excluding hydrogens is 270 g/mol. The Bertz CT molecular complexity index is 718. The van der Waals surface area contributed by atoms with E-state index in [-0.39, 0.29) is 11.9 Å². The van der Waals surface area contributed by atoms with Crippen molar-refractivity contribution >= 4 is 28.1 Å². The van der Waals surface area contributed by atoms with Gasteiger partial charge in [-0.3, -0.25) is 4.79 Å². The Morgan fingerprint density at radius 2 is 2.35 bits per heavy atom. The third-order valence-corrected chi connectivity index (χ3v) is 4.18. The van der Waals surface area contributed by atoms with Gasteiger partial charge in [0, 0.05) is 23.2 Å². The lowest BCUT2D eigenvalue weighted by Gasteiger charge is -2.14. The molecule has 1 amide bonds. The standard InChI is InChI=1S/C15H15N3OS/c1-2-12(15-17-8-9-20-15)18-14(19)11-5-3-4-10-6-7-16-13(10)11/h3-9,12,16H,2H2,1H3,(H,18,19). The van der Waals surface area contributed by atoms with Gasteiger partial charge in [0.1, 0.15) is 5.01 Å². The van der Waals surface area contributed by atoms with E-state index in [1.807, 2.05) is 42.8 Å². The van der Waals surface area contributed by atoms with Gasteiger partial charge in [-0.25, -0.2) is 4.98 Å². The van der Waals surface area contributed by atoms with Crippen LogP contribution >= 0.6 is 11.3 Å². The number of H-pyrrole nitrogens is 1. The van der Waals surface area contributed by atoms with Gasteiger partial charge in [0.2, 0.25) is 0 Å². The molecule has 1 atom stereocenters. The number of aromatic nitrogens is 2. The molecule has 0 aliphatic carbocycles. The molecule has 2 N–H and O–H groups in total. The second-order valence-corrected chi connectivity index (χ2v) is 5.48. The maximum absolute atomic E-state index is 12.5. The van der Waals surface area contributed by atoms with E-state index in [1.54, 1.807) is 17.5 Å². The van der Waals surface area contributed by atoms with Crippen LogP contribution in [0.5, 0.6) is 0 Å². The molecule has 0 fully saturated rings. The van der Waals surface area contributed by atoms with Crippen LogP contribution in [0.25, 0.3) is 10.9 Å². The molecule has 0 bridgehead atoms. The molecule has 4 nitrogen and oxygen atoms in total. The number of thiazole rings is 1. The van der Waals surface area contributed by atoms with Gasteiger partial charge >= 0.3 is 0 Å². The van der Waals surface area contributed by atoms with Gasteiger partial charge in [-0.1, -0.05) is 19.1 Å². The molecule has 0 aliphatic heterocycles. The van der Waals surface area contributed by atoms with E-state index in [0.717, 1.165) is 22.3 Å². The lowest BCUT2D eigenvalue weighted by Crippen LogP contribution is -2.28. The van der Waals surface area contributed by atoms with Crippen molar-refractivity contribution in [3.8, 4) is 0 Å². The zero-order valence-electron chi connectivity index (χ0n) is 11.1. The molecule has 0 saturated carbocycles. The summed E-state index contributed by atoms with van der Waals surface area (Å²) in [5.41, 5.74) is 1.54. The predicted molar refractivity (Wildman–Crippen MR) is 80.9 cm³/mol. The van der Waals surface area contributed by atoms with Crippen LogP contribution in [0.4, 0.5) is 0 Å². The molecule has 0 spiro atoms. The summed E-state index contributed by atoms with van der Waals surface area (Å²) in [6, 6.07) is 7.65. The third kappa shape index (κ3) is 2.32. The summed E-state index contributed by atoms with van der Waals surface area (Å²) in [7, 11) is 0. The SMILES string of the molecule is CCC(NC(=O)c1cccc2cc[nH]c12)c1nccs1. The monoisotopic (exact) mass is 285 g/mol. The topological polar surface area (TPSA) is 57.8 Å². The van der Waals surface area contributed by atoms with E-state index < -0.39 is 0 Å². The average molecular weight is 285 g/mol. The molecule has 20 heavy (non-hydrogen) atoms. The van der Waals surface area contributed by atoms with Crippen LogP contribution in [0.2, 0.25) is 0 Å². The Balaban J connectivity index is 1.87. The normalized spacial score (nSPS) is 12.4. The van der Waals surface area contributed by atoms with Crippen LogP contribution < -0.4 is 5.32 Å². The van der Waals surface area contributed by atoms with Crippen molar-refractivity contribution in [1.29, 1.82) is 0 Å². The smallest absolute Gasteiger partial charge is 0.253 e. The second kappa shape index (κ2) is 5.46. The first-order valence-corrected chi connectivity index (χ1v) is 7.44. The highest BCUT2D eigenvalue weighted by molar-refractivity contribution is 7.09. The number of nitrogens with zero attached hydrogens (tertiary/aromatic N) is 1. The summed E-state index contributed by atoms with van der Waals surface area (Å²) in [6.07, 6.45) is 4.43. The molecule has 102 valence electrons. The summed E-state index contributed by atoms with van der Waals surface area (Å²) >= 11 is 1.56. The van der Waals surface area contributed by atoms with Gasteiger partial charge in [0.15, 0.2) is 0 Å². The molecule has 1 unspecified atom stereocenters. The van der Waals surface area contributed by atoms with Crippen molar-refractivity contribution in [2.24, 2.45) is 0 Å². The molecular formula is C15H15N3OS. The highest BCUT2D eigenvalue weighted by atomic mass is 32.1. The van der Waals surface area contributed by atoms with Gasteiger partial charge in [-0.15, -0.1) is 11.3 Å². The maximum Gasteiger partial charge on any atom is 0.253 e. The second-order valence-electron chi connectivity index (χ2n) is 4.55. The molecule has 0 saturated heterocycles. The quantitative estimate of drug-likeness (QED) is 0.770. The van der Waals surface area contributed by atoms with Gasteiger partial charge in [-0.05, 0) is 18.6 Å². The van der Waals surface area contributed by atoms with E-state index in [2.05, 4.69) is 15.3 Å². The molecule has 3 rings (SSSR count). The largest absolute Gasteiger partial charge is 0.361 e. The Morgan fingerprint density at radius 1 is 1.45 bits per heavy atom. The fourth-order valence-electron chi connectivity index (χ4n) is 2.26. The van der Waals surface area contributed by atoms with Crippen molar-refractivity contribution < 1.29 is 4.79 Å². The number of benzene rings is 1. The van der Waals surface area contributed by atoms with Crippen molar-refractivity contribution in [2.45, 2.75) is 19.4 Å². The van der Waals surface area contributed by atoms with Crippen molar-refractivity contribution in [3.63, 3.8) is 0 Å². The Hall–Kier alpha value is -2.14. The minimum absolute atomic E-state index is 0.0345. The van der Waals surface area contributed by atoms with Gasteiger partial charge < -0.3 is 10.3 Å². The number of nitrogens with one attached hydrogen (secondary N) is 2. The molecule has 3 aromatic rings. The van der Waals surface area contributed by atoms with E-state index >= 15 is 0 Å². The van der Waals surface area contributed by atoms with Crippen LogP contribution in [0.15, 0.2) is 42.0 Å². The number of hydrogen-bond donors (Lipinski definition) is 2. The molecule has 0 aliphatic rings. The minimum atomic E-state index is -0.0694. The van der Waals surface area contributed by atoms with Crippen molar-refractivity contribution in [2.75, 3.05) is 0 Å². The predicted octanol–water partition coefficient (Wildman–Crippen LogP) is 3.51. The minimum Gasteiger partial charge on any atom is -0.361 e. The highest BCUT2D eigenvalue weighted by Gasteiger charge is 2.17. The van der Waals surface area contributed by atoms with Crippen LogP contribution in [0, 0.1) is 0 Å². The number of carbonyl (C=O) groups excluding carboxylic acids is 1. The lowest BCUT2D eigenvalue weighted by atomic mass is 10.1. The number of rotatable bonds is 4. The van der Waals surface area contributed by atoms with Gasteiger partial charge in [0.25, 0.3) is 5.91 Å². The summed E-state index contributed by atoms with van der Waals surface area (Å²) < 4.78 is 0. The number of amides is 1. The van der Waals surface area contributed by atoms with Crippen molar-refractivity contribution in [1.82, 2.24) is 15.3 Å². The Labute approximate surface area is 120 Å². The number of carbonyl (C=O) groups is 1. The fraction of sp³-hybridized carbons (Fsp3) is 0.200. The first kappa shape index (κ1) is 12.9. The number of fused-ring (bicyclic) bond motifs is 1. The maximum atomic E-state index is 12.5. The fourth-order valence-corrected chi connectivity index (χ4v) is 3.03. The first-order chi connectivity index (χ1) is 9.79. The van der Waals surface area contributed by atoms with Crippen LogP contribution in [-0.2, 0) is 0 Å².